The standard InChI is InChI=1S/C7H11N3.C2H6/c1-5(2)6-3-4-7(8)10-9-6;1-2/h3-5H,1-2H3,(H2,8,10);1-2H3. The lowest BCUT2D eigenvalue weighted by atomic mass is 10.1. The number of aromatic nitrogens is 2. The fraction of sp³-hybridized carbons (Fsp3) is 0.556. The maximum absolute atomic E-state index is 5.35. The van der Waals surface area contributed by atoms with Crippen LogP contribution in [0, 0.1) is 0 Å². The average molecular weight is 167 g/mol. The Kier molecular flexibility index (Phi) is 5.00. The molecule has 3 nitrogen and oxygen atoms in total. The first-order chi connectivity index (χ1) is 5.70. The van der Waals surface area contributed by atoms with Crippen LogP contribution >= 0.6 is 0 Å². The van der Waals surface area contributed by atoms with Gasteiger partial charge in [-0.2, -0.15) is 5.10 Å². The third-order valence-electron chi connectivity index (χ3n) is 1.30. The van der Waals surface area contributed by atoms with Crippen LogP contribution in [0.15, 0.2) is 12.1 Å². The summed E-state index contributed by atoms with van der Waals surface area (Å²) >= 11 is 0. The van der Waals surface area contributed by atoms with Crippen LogP contribution in [-0.4, -0.2) is 10.2 Å². The van der Waals surface area contributed by atoms with E-state index in [0.717, 1.165) is 5.69 Å². The van der Waals surface area contributed by atoms with Crippen LogP contribution in [0.5, 0.6) is 0 Å². The van der Waals surface area contributed by atoms with Gasteiger partial charge in [0.2, 0.25) is 0 Å². The molecule has 1 aromatic heterocycles. The minimum atomic E-state index is 0.424. The number of nitrogens with zero attached hydrogens (tertiary/aromatic N) is 2. The molecule has 0 aromatic carbocycles. The summed E-state index contributed by atoms with van der Waals surface area (Å²) in [5, 5.41) is 7.63. The van der Waals surface area contributed by atoms with Crippen LogP contribution in [0.2, 0.25) is 0 Å². The van der Waals surface area contributed by atoms with E-state index < -0.39 is 0 Å². The van der Waals surface area contributed by atoms with E-state index in [0.29, 0.717) is 11.7 Å². The lowest BCUT2D eigenvalue weighted by molar-refractivity contribution is 0.788. The van der Waals surface area contributed by atoms with Crippen molar-refractivity contribution in [3.8, 4) is 0 Å². The van der Waals surface area contributed by atoms with Crippen LogP contribution in [-0.2, 0) is 0 Å². The van der Waals surface area contributed by atoms with Gasteiger partial charge in [0.1, 0.15) is 5.82 Å². The molecule has 0 spiro atoms. The molecule has 0 bridgehead atoms. The zero-order valence-electron chi connectivity index (χ0n) is 8.20. The Bertz CT molecular complexity index is 204. The Balaban J connectivity index is 0.000000561. The van der Waals surface area contributed by atoms with E-state index in [9.17, 15) is 0 Å². The van der Waals surface area contributed by atoms with Gasteiger partial charge >= 0.3 is 0 Å². The Hall–Kier alpha value is -1.12. The summed E-state index contributed by atoms with van der Waals surface area (Å²) < 4.78 is 0. The average Bonchev–Trinajstić information content (AvgIpc) is 2.09. The van der Waals surface area contributed by atoms with Gasteiger partial charge in [0.25, 0.3) is 0 Å². The lowest BCUT2D eigenvalue weighted by Gasteiger charge is -2.00. The van der Waals surface area contributed by atoms with Crippen molar-refractivity contribution in [1.82, 2.24) is 10.2 Å². The molecule has 0 aliphatic rings. The van der Waals surface area contributed by atoms with Gasteiger partial charge in [-0.25, -0.2) is 0 Å². The Morgan fingerprint density at radius 3 is 2.08 bits per heavy atom. The highest BCUT2D eigenvalue weighted by Gasteiger charge is 1.98. The topological polar surface area (TPSA) is 51.8 Å². The molecule has 3 heteroatoms. The van der Waals surface area contributed by atoms with E-state index in [1.807, 2.05) is 19.9 Å². The van der Waals surface area contributed by atoms with Crippen molar-refractivity contribution < 1.29 is 0 Å². The minimum Gasteiger partial charge on any atom is -0.382 e. The lowest BCUT2D eigenvalue weighted by Crippen LogP contribution is -1.97. The molecule has 12 heavy (non-hydrogen) atoms. The summed E-state index contributed by atoms with van der Waals surface area (Å²) in [6, 6.07) is 3.66. The first-order valence-electron chi connectivity index (χ1n) is 4.29. The van der Waals surface area contributed by atoms with E-state index in [1.165, 1.54) is 0 Å². The second-order valence-electron chi connectivity index (χ2n) is 2.54. The molecule has 1 heterocycles. The number of rotatable bonds is 1. The zero-order chi connectivity index (χ0) is 9.56. The van der Waals surface area contributed by atoms with E-state index in [4.69, 9.17) is 5.73 Å². The second-order valence-corrected chi connectivity index (χ2v) is 2.54. The number of nitrogens with two attached hydrogens (primary N) is 1. The molecule has 0 saturated carbocycles. The predicted octanol–water partition coefficient (Wildman–Crippen LogP) is 2.21. The molecular formula is C9H17N3. The van der Waals surface area contributed by atoms with Crippen molar-refractivity contribution in [2.45, 2.75) is 33.6 Å². The fourth-order valence-electron chi connectivity index (χ4n) is 0.661. The van der Waals surface area contributed by atoms with E-state index in [-0.39, 0.29) is 0 Å². The first-order valence-corrected chi connectivity index (χ1v) is 4.29. The van der Waals surface area contributed by atoms with E-state index in [1.54, 1.807) is 6.07 Å². The Morgan fingerprint density at radius 2 is 1.75 bits per heavy atom. The van der Waals surface area contributed by atoms with Crippen LogP contribution in [0.25, 0.3) is 0 Å². The van der Waals surface area contributed by atoms with Gasteiger partial charge < -0.3 is 5.73 Å². The van der Waals surface area contributed by atoms with Gasteiger partial charge in [-0.15, -0.1) is 5.10 Å². The van der Waals surface area contributed by atoms with Gasteiger partial charge in [0.05, 0.1) is 5.69 Å². The molecule has 0 amide bonds. The molecule has 1 aromatic rings. The van der Waals surface area contributed by atoms with Crippen molar-refractivity contribution in [3.63, 3.8) is 0 Å². The van der Waals surface area contributed by atoms with Gasteiger partial charge in [-0.05, 0) is 18.1 Å². The minimum absolute atomic E-state index is 0.424. The summed E-state index contributed by atoms with van der Waals surface area (Å²) in [6.07, 6.45) is 0. The zero-order valence-corrected chi connectivity index (χ0v) is 8.20. The predicted molar refractivity (Wildman–Crippen MR) is 51.9 cm³/mol. The normalized spacial score (nSPS) is 9.08. The Labute approximate surface area is 74.0 Å². The summed E-state index contributed by atoms with van der Waals surface area (Å²) in [6.45, 7) is 8.14. The third kappa shape index (κ3) is 3.32. The van der Waals surface area contributed by atoms with Crippen molar-refractivity contribution in [2.24, 2.45) is 0 Å². The molecule has 0 unspecified atom stereocenters. The fourth-order valence-corrected chi connectivity index (χ4v) is 0.661. The highest BCUT2D eigenvalue weighted by atomic mass is 15.1. The number of nitrogen functional groups attached to an aromatic ring is 1. The number of hydrogen-bond acceptors (Lipinski definition) is 3. The number of hydrogen-bond donors (Lipinski definition) is 1. The SMILES string of the molecule is CC.CC(C)c1ccc(N)nn1. The summed E-state index contributed by atoms with van der Waals surface area (Å²) in [5.41, 5.74) is 6.33. The molecule has 2 N–H and O–H groups in total. The van der Waals surface area contributed by atoms with Crippen LogP contribution < -0.4 is 5.73 Å². The van der Waals surface area contributed by atoms with Crippen molar-refractivity contribution in [1.29, 1.82) is 0 Å². The maximum atomic E-state index is 5.35. The number of anilines is 1. The highest BCUT2D eigenvalue weighted by molar-refractivity contribution is 5.26. The van der Waals surface area contributed by atoms with Crippen molar-refractivity contribution >= 4 is 5.82 Å². The second kappa shape index (κ2) is 5.52. The van der Waals surface area contributed by atoms with Crippen molar-refractivity contribution in [2.75, 3.05) is 5.73 Å². The summed E-state index contributed by atoms with van der Waals surface area (Å²) in [5.74, 6) is 0.900. The Morgan fingerprint density at radius 1 is 1.17 bits per heavy atom. The highest BCUT2D eigenvalue weighted by Crippen LogP contribution is 2.09. The van der Waals surface area contributed by atoms with Crippen molar-refractivity contribution in [3.05, 3.63) is 17.8 Å². The van der Waals surface area contributed by atoms with Crippen LogP contribution in [0.3, 0.4) is 0 Å². The third-order valence-corrected chi connectivity index (χ3v) is 1.30. The molecule has 0 saturated heterocycles. The largest absolute Gasteiger partial charge is 0.382 e. The first kappa shape index (κ1) is 10.9. The molecule has 68 valence electrons. The van der Waals surface area contributed by atoms with E-state index in [2.05, 4.69) is 24.0 Å². The molecule has 0 aliphatic carbocycles. The molecular weight excluding hydrogens is 150 g/mol. The van der Waals surface area contributed by atoms with Crippen LogP contribution in [0.1, 0.15) is 39.3 Å². The van der Waals surface area contributed by atoms with Gasteiger partial charge in [-0.3, -0.25) is 0 Å². The van der Waals surface area contributed by atoms with Gasteiger partial charge in [-0.1, -0.05) is 27.7 Å². The molecule has 0 aliphatic heterocycles. The molecule has 0 atom stereocenters. The smallest absolute Gasteiger partial charge is 0.146 e. The molecule has 1 rings (SSSR count). The molecule has 0 radical (unpaired) electrons. The monoisotopic (exact) mass is 167 g/mol. The quantitative estimate of drug-likeness (QED) is 0.697. The maximum Gasteiger partial charge on any atom is 0.146 e. The molecule has 0 fully saturated rings. The van der Waals surface area contributed by atoms with Gasteiger partial charge in [0, 0.05) is 0 Å². The van der Waals surface area contributed by atoms with E-state index >= 15 is 0 Å². The van der Waals surface area contributed by atoms with Crippen LogP contribution in [0.4, 0.5) is 5.82 Å². The van der Waals surface area contributed by atoms with Gasteiger partial charge in [0.15, 0.2) is 0 Å². The summed E-state index contributed by atoms with van der Waals surface area (Å²) in [4.78, 5) is 0. The summed E-state index contributed by atoms with van der Waals surface area (Å²) in [7, 11) is 0.